The highest BCUT2D eigenvalue weighted by Crippen LogP contribution is 2.26. The summed E-state index contributed by atoms with van der Waals surface area (Å²) < 4.78 is 27.3. The largest absolute Gasteiger partial charge is 0.345 e. The summed E-state index contributed by atoms with van der Waals surface area (Å²) in [7, 11) is -1.71. The van der Waals surface area contributed by atoms with E-state index in [-0.39, 0.29) is 17.2 Å². The SMILES string of the molecule is Cc1ccc(S(=O)(=O)N2CCC(C(=O)N(C)CC(C)(C)CN)CC2)cc1C. The van der Waals surface area contributed by atoms with E-state index in [0.717, 1.165) is 11.1 Å². The molecule has 2 rings (SSSR count). The molecule has 1 aliphatic rings. The maximum absolute atomic E-state index is 12.9. The molecule has 1 heterocycles. The maximum Gasteiger partial charge on any atom is 0.243 e. The average molecular weight is 396 g/mol. The Labute approximate surface area is 163 Å². The molecule has 0 aliphatic carbocycles. The lowest BCUT2D eigenvalue weighted by Gasteiger charge is -2.35. The number of sulfonamides is 1. The van der Waals surface area contributed by atoms with Crippen LogP contribution in [-0.2, 0) is 14.8 Å². The van der Waals surface area contributed by atoms with E-state index in [1.165, 1.54) is 4.31 Å². The monoisotopic (exact) mass is 395 g/mol. The molecule has 0 spiro atoms. The molecule has 1 amide bonds. The number of nitrogens with two attached hydrogens (primary N) is 1. The van der Waals surface area contributed by atoms with Gasteiger partial charge in [0, 0.05) is 32.6 Å². The van der Waals surface area contributed by atoms with Gasteiger partial charge in [0.15, 0.2) is 0 Å². The van der Waals surface area contributed by atoms with Crippen molar-refractivity contribution in [3.05, 3.63) is 29.3 Å². The molecule has 1 saturated heterocycles. The second-order valence-corrected chi connectivity index (χ2v) is 10.4. The molecular weight excluding hydrogens is 362 g/mol. The van der Waals surface area contributed by atoms with E-state index in [1.54, 1.807) is 24.1 Å². The van der Waals surface area contributed by atoms with Crippen molar-refractivity contribution in [3.63, 3.8) is 0 Å². The number of nitrogens with zero attached hydrogens (tertiary/aromatic N) is 2. The maximum atomic E-state index is 12.9. The van der Waals surface area contributed by atoms with Gasteiger partial charge < -0.3 is 10.6 Å². The normalized spacial score (nSPS) is 17.1. The number of rotatable bonds is 6. The van der Waals surface area contributed by atoms with E-state index < -0.39 is 10.0 Å². The van der Waals surface area contributed by atoms with Gasteiger partial charge in [-0.2, -0.15) is 4.31 Å². The smallest absolute Gasteiger partial charge is 0.243 e. The Morgan fingerprint density at radius 2 is 1.81 bits per heavy atom. The van der Waals surface area contributed by atoms with Crippen LogP contribution in [0.4, 0.5) is 0 Å². The molecule has 0 unspecified atom stereocenters. The Morgan fingerprint density at radius 3 is 2.33 bits per heavy atom. The first-order valence-corrected chi connectivity index (χ1v) is 10.9. The van der Waals surface area contributed by atoms with Crippen LogP contribution in [0.5, 0.6) is 0 Å². The van der Waals surface area contributed by atoms with Gasteiger partial charge >= 0.3 is 0 Å². The fourth-order valence-electron chi connectivity index (χ4n) is 3.46. The summed E-state index contributed by atoms with van der Waals surface area (Å²) in [5.41, 5.74) is 7.67. The minimum absolute atomic E-state index is 0.0831. The van der Waals surface area contributed by atoms with Gasteiger partial charge in [-0.1, -0.05) is 19.9 Å². The zero-order valence-electron chi connectivity index (χ0n) is 17.2. The molecule has 7 heteroatoms. The van der Waals surface area contributed by atoms with E-state index in [2.05, 4.69) is 0 Å². The third-order valence-electron chi connectivity index (χ3n) is 5.51. The van der Waals surface area contributed by atoms with Crippen LogP contribution in [0.25, 0.3) is 0 Å². The molecule has 1 aromatic carbocycles. The third kappa shape index (κ3) is 5.09. The van der Waals surface area contributed by atoms with Crippen molar-refractivity contribution < 1.29 is 13.2 Å². The standard InChI is InChI=1S/C20H33N3O3S/c1-15-6-7-18(12-16(15)2)27(25,26)23-10-8-17(9-11-23)19(24)22(5)14-20(3,4)13-21/h6-7,12,17H,8-11,13-14,21H2,1-5H3. The van der Waals surface area contributed by atoms with Gasteiger partial charge in [0.05, 0.1) is 4.90 Å². The lowest BCUT2D eigenvalue weighted by Crippen LogP contribution is -2.46. The summed E-state index contributed by atoms with van der Waals surface area (Å²) >= 11 is 0. The Morgan fingerprint density at radius 1 is 1.22 bits per heavy atom. The van der Waals surface area contributed by atoms with E-state index in [0.29, 0.717) is 43.9 Å². The molecule has 0 aromatic heterocycles. The van der Waals surface area contributed by atoms with Crippen molar-refractivity contribution in [2.24, 2.45) is 17.1 Å². The van der Waals surface area contributed by atoms with Gasteiger partial charge in [0.1, 0.15) is 0 Å². The molecule has 0 bridgehead atoms. The molecule has 2 N–H and O–H groups in total. The number of carbonyl (C=O) groups excluding carboxylic acids is 1. The minimum atomic E-state index is -3.51. The second-order valence-electron chi connectivity index (χ2n) is 8.49. The summed E-state index contributed by atoms with van der Waals surface area (Å²) in [5, 5.41) is 0. The van der Waals surface area contributed by atoms with Crippen molar-refractivity contribution in [2.75, 3.05) is 33.2 Å². The quantitative estimate of drug-likeness (QED) is 0.800. The Balaban J connectivity index is 2.01. The molecular formula is C20H33N3O3S. The van der Waals surface area contributed by atoms with Gasteiger partial charge in [-0.3, -0.25) is 4.79 Å². The van der Waals surface area contributed by atoms with Crippen molar-refractivity contribution >= 4 is 15.9 Å². The molecule has 27 heavy (non-hydrogen) atoms. The number of carbonyl (C=O) groups is 1. The van der Waals surface area contributed by atoms with Gasteiger partial charge in [0.25, 0.3) is 0 Å². The first-order valence-electron chi connectivity index (χ1n) is 9.50. The molecule has 6 nitrogen and oxygen atoms in total. The lowest BCUT2D eigenvalue weighted by atomic mass is 9.91. The van der Waals surface area contributed by atoms with Gasteiger partial charge in [0.2, 0.25) is 15.9 Å². The predicted molar refractivity (Wildman–Crippen MR) is 108 cm³/mol. The predicted octanol–water partition coefficient (Wildman–Crippen LogP) is 2.15. The number of hydrogen-bond acceptors (Lipinski definition) is 4. The van der Waals surface area contributed by atoms with Crippen molar-refractivity contribution in [1.82, 2.24) is 9.21 Å². The number of piperidine rings is 1. The zero-order valence-corrected chi connectivity index (χ0v) is 18.0. The molecule has 1 aromatic rings. The minimum Gasteiger partial charge on any atom is -0.345 e. The number of aryl methyl sites for hydroxylation is 2. The van der Waals surface area contributed by atoms with Crippen molar-refractivity contribution in [1.29, 1.82) is 0 Å². The number of hydrogen-bond donors (Lipinski definition) is 1. The molecule has 1 aliphatic heterocycles. The van der Waals surface area contributed by atoms with Crippen LogP contribution in [0.15, 0.2) is 23.1 Å². The summed E-state index contributed by atoms with van der Waals surface area (Å²) in [6, 6.07) is 5.23. The summed E-state index contributed by atoms with van der Waals surface area (Å²) in [4.78, 5) is 14.8. The highest BCUT2D eigenvalue weighted by molar-refractivity contribution is 7.89. The van der Waals surface area contributed by atoms with Crippen LogP contribution in [0.1, 0.15) is 37.8 Å². The van der Waals surface area contributed by atoms with E-state index in [9.17, 15) is 13.2 Å². The van der Waals surface area contributed by atoms with Gasteiger partial charge in [-0.25, -0.2) is 8.42 Å². The fraction of sp³-hybridized carbons (Fsp3) is 0.650. The molecule has 0 atom stereocenters. The number of benzene rings is 1. The van der Waals surface area contributed by atoms with E-state index >= 15 is 0 Å². The summed E-state index contributed by atoms with van der Waals surface area (Å²) in [6.45, 7) is 9.81. The van der Waals surface area contributed by atoms with E-state index in [4.69, 9.17) is 5.73 Å². The topological polar surface area (TPSA) is 83.7 Å². The highest BCUT2D eigenvalue weighted by atomic mass is 32.2. The van der Waals surface area contributed by atoms with Crippen LogP contribution in [-0.4, -0.2) is 56.8 Å². The van der Waals surface area contributed by atoms with Crippen molar-refractivity contribution in [3.8, 4) is 0 Å². The second kappa shape index (κ2) is 8.29. The summed E-state index contributed by atoms with van der Waals surface area (Å²) in [6.07, 6.45) is 1.10. The average Bonchev–Trinajstić information content (AvgIpc) is 2.63. The third-order valence-corrected chi connectivity index (χ3v) is 7.41. The van der Waals surface area contributed by atoms with Crippen LogP contribution >= 0.6 is 0 Å². The zero-order chi connectivity index (χ0) is 20.4. The van der Waals surface area contributed by atoms with Crippen LogP contribution in [0.3, 0.4) is 0 Å². The fourth-order valence-corrected chi connectivity index (χ4v) is 5.02. The lowest BCUT2D eigenvalue weighted by molar-refractivity contribution is -0.136. The van der Waals surface area contributed by atoms with Crippen LogP contribution < -0.4 is 5.73 Å². The van der Waals surface area contributed by atoms with Crippen molar-refractivity contribution in [2.45, 2.75) is 45.4 Å². The van der Waals surface area contributed by atoms with Crippen LogP contribution in [0.2, 0.25) is 0 Å². The van der Waals surface area contributed by atoms with Gasteiger partial charge in [-0.15, -0.1) is 0 Å². The molecule has 0 saturated carbocycles. The molecule has 1 fully saturated rings. The first-order chi connectivity index (χ1) is 12.5. The highest BCUT2D eigenvalue weighted by Gasteiger charge is 2.34. The molecule has 152 valence electrons. The first kappa shape index (κ1) is 21.9. The Bertz CT molecular complexity index is 782. The van der Waals surface area contributed by atoms with Crippen LogP contribution in [0, 0.1) is 25.2 Å². The Hall–Kier alpha value is -1.44. The number of amides is 1. The van der Waals surface area contributed by atoms with E-state index in [1.807, 2.05) is 33.8 Å². The van der Waals surface area contributed by atoms with Gasteiger partial charge in [-0.05, 0) is 61.9 Å². The Kier molecular flexibility index (Phi) is 6.71. The summed E-state index contributed by atoms with van der Waals surface area (Å²) in [5.74, 6) is -0.0467. The molecule has 0 radical (unpaired) electrons.